The third kappa shape index (κ3) is 2.97. The van der Waals surface area contributed by atoms with Crippen molar-refractivity contribution in [3.8, 4) is 0 Å². The normalized spacial score (nSPS) is 10.8. The lowest BCUT2D eigenvalue weighted by Crippen LogP contribution is -1.99. The first-order chi connectivity index (χ1) is 11.3. The second kappa shape index (κ2) is 5.65. The van der Waals surface area contributed by atoms with Crippen molar-refractivity contribution in [1.29, 1.82) is 0 Å². The molecule has 0 saturated carbocycles. The van der Waals surface area contributed by atoms with Crippen LogP contribution in [0.5, 0.6) is 0 Å². The molecular formula is C15H13N7S. The van der Waals surface area contributed by atoms with Crippen molar-refractivity contribution < 1.29 is 0 Å². The number of aryl methyl sites for hydroxylation is 1. The van der Waals surface area contributed by atoms with E-state index in [9.17, 15) is 0 Å². The van der Waals surface area contributed by atoms with Crippen LogP contribution in [-0.2, 0) is 0 Å². The molecule has 0 fully saturated rings. The Morgan fingerprint density at radius 1 is 1.04 bits per heavy atom. The van der Waals surface area contributed by atoms with Gasteiger partial charge >= 0.3 is 0 Å². The summed E-state index contributed by atoms with van der Waals surface area (Å²) in [4.78, 5) is 13.0. The van der Waals surface area contributed by atoms with Crippen LogP contribution in [0.4, 0.5) is 23.1 Å². The van der Waals surface area contributed by atoms with Gasteiger partial charge in [-0.25, -0.2) is 9.97 Å². The number of H-pyrrole nitrogens is 1. The Bertz CT molecular complexity index is 959. The molecule has 0 aliphatic heterocycles. The molecular weight excluding hydrogens is 310 g/mol. The van der Waals surface area contributed by atoms with E-state index < -0.39 is 0 Å². The number of aromatic nitrogens is 5. The Kier molecular flexibility index (Phi) is 3.35. The van der Waals surface area contributed by atoms with Crippen molar-refractivity contribution in [1.82, 2.24) is 25.1 Å². The van der Waals surface area contributed by atoms with Gasteiger partial charge in [0.05, 0.1) is 28.1 Å². The van der Waals surface area contributed by atoms with E-state index in [-0.39, 0.29) is 0 Å². The van der Waals surface area contributed by atoms with Gasteiger partial charge in [0.2, 0.25) is 0 Å². The zero-order valence-corrected chi connectivity index (χ0v) is 13.1. The van der Waals surface area contributed by atoms with Crippen LogP contribution in [0, 0.1) is 6.92 Å². The first-order valence-corrected chi connectivity index (χ1v) is 7.85. The minimum absolute atomic E-state index is 0.622. The minimum Gasteiger partial charge on any atom is -0.339 e. The number of nitrogens with zero attached hydrogens (tertiary/aromatic N) is 4. The van der Waals surface area contributed by atoms with Crippen LogP contribution in [0.3, 0.4) is 0 Å². The SMILES string of the molecule is Cc1cc(Nc2cncc(Nc3ccc4scnc4c3)n2)n[nH]1. The van der Waals surface area contributed by atoms with Crippen LogP contribution >= 0.6 is 11.3 Å². The van der Waals surface area contributed by atoms with E-state index in [4.69, 9.17) is 0 Å². The van der Waals surface area contributed by atoms with Crippen molar-refractivity contribution in [2.75, 3.05) is 10.6 Å². The molecule has 23 heavy (non-hydrogen) atoms. The molecule has 0 unspecified atom stereocenters. The highest BCUT2D eigenvalue weighted by atomic mass is 32.1. The molecule has 0 saturated heterocycles. The van der Waals surface area contributed by atoms with E-state index in [1.807, 2.05) is 36.7 Å². The molecule has 114 valence electrons. The number of anilines is 4. The molecule has 3 heterocycles. The van der Waals surface area contributed by atoms with Crippen molar-refractivity contribution >= 4 is 44.7 Å². The van der Waals surface area contributed by atoms with Gasteiger partial charge in [-0.15, -0.1) is 11.3 Å². The van der Waals surface area contributed by atoms with E-state index in [0.29, 0.717) is 17.5 Å². The van der Waals surface area contributed by atoms with Crippen LogP contribution in [-0.4, -0.2) is 25.1 Å². The lowest BCUT2D eigenvalue weighted by atomic mass is 10.3. The number of aromatic amines is 1. The van der Waals surface area contributed by atoms with Crippen LogP contribution in [0.15, 0.2) is 42.2 Å². The van der Waals surface area contributed by atoms with E-state index in [2.05, 4.69) is 35.8 Å². The highest BCUT2D eigenvalue weighted by Gasteiger charge is 2.04. The van der Waals surface area contributed by atoms with Crippen molar-refractivity contribution in [3.63, 3.8) is 0 Å². The Morgan fingerprint density at radius 2 is 1.91 bits per heavy atom. The summed E-state index contributed by atoms with van der Waals surface area (Å²) in [6.07, 6.45) is 3.32. The summed E-state index contributed by atoms with van der Waals surface area (Å²) in [6, 6.07) is 7.93. The monoisotopic (exact) mass is 323 g/mol. The van der Waals surface area contributed by atoms with Gasteiger partial charge < -0.3 is 10.6 Å². The third-order valence-corrected chi connectivity index (χ3v) is 4.01. The zero-order chi connectivity index (χ0) is 15.6. The number of nitrogens with one attached hydrogen (secondary N) is 3. The van der Waals surface area contributed by atoms with Crippen LogP contribution in [0.25, 0.3) is 10.2 Å². The van der Waals surface area contributed by atoms with Gasteiger partial charge in [-0.1, -0.05) is 0 Å². The predicted molar refractivity (Wildman–Crippen MR) is 91.5 cm³/mol. The highest BCUT2D eigenvalue weighted by molar-refractivity contribution is 7.16. The first-order valence-electron chi connectivity index (χ1n) is 6.98. The number of rotatable bonds is 4. The maximum Gasteiger partial charge on any atom is 0.153 e. The highest BCUT2D eigenvalue weighted by Crippen LogP contribution is 2.23. The molecule has 1 aromatic carbocycles. The molecule has 0 bridgehead atoms. The average molecular weight is 323 g/mol. The summed E-state index contributed by atoms with van der Waals surface area (Å²) in [5.41, 5.74) is 4.70. The van der Waals surface area contributed by atoms with Gasteiger partial charge in [0.1, 0.15) is 0 Å². The first kappa shape index (κ1) is 13.6. The Morgan fingerprint density at radius 3 is 2.74 bits per heavy atom. The number of hydrogen-bond donors (Lipinski definition) is 3. The summed E-state index contributed by atoms with van der Waals surface area (Å²) in [6.45, 7) is 1.94. The number of fused-ring (bicyclic) bond motifs is 1. The number of thiazole rings is 1. The molecule has 3 aromatic heterocycles. The minimum atomic E-state index is 0.622. The summed E-state index contributed by atoms with van der Waals surface area (Å²) in [5, 5.41) is 13.3. The third-order valence-electron chi connectivity index (χ3n) is 3.20. The van der Waals surface area contributed by atoms with Crippen molar-refractivity contribution in [2.45, 2.75) is 6.92 Å². The standard InChI is InChI=1S/C15H13N7S/c1-9-4-13(22-21-9)19-15-7-16-6-14(20-15)18-10-2-3-12-11(5-10)17-8-23-12/h2-8H,1H3,(H3,18,19,20,21,22). The molecule has 4 rings (SSSR count). The van der Waals surface area contributed by atoms with Gasteiger partial charge in [0, 0.05) is 17.4 Å². The average Bonchev–Trinajstić information content (AvgIpc) is 3.16. The largest absolute Gasteiger partial charge is 0.339 e. The van der Waals surface area contributed by atoms with Gasteiger partial charge in [0.25, 0.3) is 0 Å². The predicted octanol–water partition coefficient (Wildman–Crippen LogP) is 3.61. The fourth-order valence-corrected chi connectivity index (χ4v) is 2.84. The quantitative estimate of drug-likeness (QED) is 0.531. The van der Waals surface area contributed by atoms with Crippen LogP contribution in [0.1, 0.15) is 5.69 Å². The molecule has 0 aliphatic rings. The summed E-state index contributed by atoms with van der Waals surface area (Å²) >= 11 is 1.62. The van der Waals surface area contributed by atoms with Crippen molar-refractivity contribution in [3.05, 3.63) is 47.9 Å². The van der Waals surface area contributed by atoms with E-state index >= 15 is 0 Å². The summed E-state index contributed by atoms with van der Waals surface area (Å²) in [5.74, 6) is 1.98. The molecule has 0 radical (unpaired) electrons. The van der Waals surface area contributed by atoms with E-state index in [1.165, 1.54) is 0 Å². The molecule has 0 spiro atoms. The number of hydrogen-bond acceptors (Lipinski definition) is 7. The molecule has 7 nitrogen and oxygen atoms in total. The van der Waals surface area contributed by atoms with Crippen LogP contribution < -0.4 is 10.6 Å². The topological polar surface area (TPSA) is 91.4 Å². The Balaban J connectivity index is 1.55. The van der Waals surface area contributed by atoms with Gasteiger partial charge in [0.15, 0.2) is 17.5 Å². The Labute approximate surface area is 135 Å². The molecule has 3 N–H and O–H groups in total. The molecule has 0 amide bonds. The van der Waals surface area contributed by atoms with E-state index in [0.717, 1.165) is 21.6 Å². The molecule has 0 atom stereocenters. The summed E-state index contributed by atoms with van der Waals surface area (Å²) < 4.78 is 1.16. The second-order valence-corrected chi connectivity index (χ2v) is 5.90. The zero-order valence-electron chi connectivity index (χ0n) is 12.2. The van der Waals surface area contributed by atoms with E-state index in [1.54, 1.807) is 23.7 Å². The molecule has 0 aliphatic carbocycles. The lowest BCUT2D eigenvalue weighted by Gasteiger charge is -2.07. The smallest absolute Gasteiger partial charge is 0.153 e. The van der Waals surface area contributed by atoms with Gasteiger partial charge in [-0.3, -0.25) is 10.1 Å². The van der Waals surface area contributed by atoms with Gasteiger partial charge in [-0.05, 0) is 25.1 Å². The number of benzene rings is 1. The molecule has 8 heteroatoms. The fourth-order valence-electron chi connectivity index (χ4n) is 2.18. The summed E-state index contributed by atoms with van der Waals surface area (Å²) in [7, 11) is 0. The van der Waals surface area contributed by atoms with Crippen molar-refractivity contribution in [2.24, 2.45) is 0 Å². The van der Waals surface area contributed by atoms with Crippen LogP contribution in [0.2, 0.25) is 0 Å². The van der Waals surface area contributed by atoms with Gasteiger partial charge in [-0.2, -0.15) is 5.10 Å². The fraction of sp³-hybridized carbons (Fsp3) is 0.0667. The maximum absolute atomic E-state index is 4.48. The lowest BCUT2D eigenvalue weighted by molar-refractivity contribution is 1.05. The maximum atomic E-state index is 4.48. The molecule has 4 aromatic rings. The second-order valence-electron chi connectivity index (χ2n) is 5.01. The Hall–Kier alpha value is -3.00.